The molecular formula is C29H30ClNO7. The number of carboxylic acids is 1. The van der Waals surface area contributed by atoms with E-state index in [1.54, 1.807) is 44.6 Å². The SMILES string of the molecule is CCc1c(OC)cccc1[C@H]1O[C@H](CC(=O)O)C(=O)N(Cc2ccc(OC)cc2OC)c2ccc(Cl)cc21. The number of carbonyl (C=O) groups excluding carboxylic acids is 1. The molecule has 0 radical (unpaired) electrons. The highest BCUT2D eigenvalue weighted by molar-refractivity contribution is 6.30. The first-order chi connectivity index (χ1) is 18.3. The van der Waals surface area contributed by atoms with Gasteiger partial charge in [-0.25, -0.2) is 0 Å². The molecule has 0 fully saturated rings. The van der Waals surface area contributed by atoms with E-state index in [-0.39, 0.29) is 6.54 Å². The summed E-state index contributed by atoms with van der Waals surface area (Å²) in [5.74, 6) is 0.205. The van der Waals surface area contributed by atoms with Crippen molar-refractivity contribution in [2.45, 2.75) is 38.5 Å². The number of nitrogens with zero attached hydrogens (tertiary/aromatic N) is 1. The summed E-state index contributed by atoms with van der Waals surface area (Å²) >= 11 is 6.45. The quantitative estimate of drug-likeness (QED) is 0.388. The Bertz CT molecular complexity index is 1340. The largest absolute Gasteiger partial charge is 0.497 e. The molecule has 0 saturated heterocycles. The number of methoxy groups -OCH3 is 3. The number of ether oxygens (including phenoxy) is 4. The van der Waals surface area contributed by atoms with E-state index in [4.69, 9.17) is 30.5 Å². The average Bonchev–Trinajstić information content (AvgIpc) is 3.02. The molecule has 2 atom stereocenters. The molecule has 200 valence electrons. The van der Waals surface area contributed by atoms with Crippen LogP contribution in [-0.4, -0.2) is 44.4 Å². The predicted molar refractivity (Wildman–Crippen MR) is 144 cm³/mol. The molecule has 9 heteroatoms. The zero-order valence-electron chi connectivity index (χ0n) is 21.7. The Kier molecular flexibility index (Phi) is 8.44. The van der Waals surface area contributed by atoms with Gasteiger partial charge in [0.2, 0.25) is 0 Å². The molecule has 1 amide bonds. The molecule has 4 rings (SSSR count). The minimum Gasteiger partial charge on any atom is -0.497 e. The van der Waals surface area contributed by atoms with Gasteiger partial charge in [-0.2, -0.15) is 0 Å². The lowest BCUT2D eigenvalue weighted by Crippen LogP contribution is -2.40. The summed E-state index contributed by atoms with van der Waals surface area (Å²) in [6, 6.07) is 16.2. The van der Waals surface area contributed by atoms with Gasteiger partial charge in [0.15, 0.2) is 0 Å². The fraction of sp³-hybridized carbons (Fsp3) is 0.310. The highest BCUT2D eigenvalue weighted by atomic mass is 35.5. The number of fused-ring (bicyclic) bond motifs is 1. The Labute approximate surface area is 226 Å². The van der Waals surface area contributed by atoms with Crippen LogP contribution in [0.4, 0.5) is 5.69 Å². The number of anilines is 1. The monoisotopic (exact) mass is 539 g/mol. The second-order valence-electron chi connectivity index (χ2n) is 8.79. The predicted octanol–water partition coefficient (Wildman–Crippen LogP) is 5.42. The molecule has 0 aliphatic carbocycles. The summed E-state index contributed by atoms with van der Waals surface area (Å²) in [6.07, 6.45) is -1.87. The third-order valence-electron chi connectivity index (χ3n) is 6.61. The van der Waals surface area contributed by atoms with Crippen molar-refractivity contribution in [1.82, 2.24) is 0 Å². The van der Waals surface area contributed by atoms with E-state index in [1.807, 2.05) is 31.2 Å². The average molecular weight is 540 g/mol. The van der Waals surface area contributed by atoms with Gasteiger partial charge in [-0.05, 0) is 53.9 Å². The van der Waals surface area contributed by atoms with Gasteiger partial charge in [-0.3, -0.25) is 9.59 Å². The van der Waals surface area contributed by atoms with Crippen molar-refractivity contribution in [2.75, 3.05) is 26.2 Å². The molecule has 3 aromatic rings. The van der Waals surface area contributed by atoms with Crippen molar-refractivity contribution >= 4 is 29.2 Å². The maximum atomic E-state index is 13.9. The second kappa shape index (κ2) is 11.8. The van der Waals surface area contributed by atoms with Crippen molar-refractivity contribution in [3.8, 4) is 17.2 Å². The molecule has 0 bridgehead atoms. The van der Waals surface area contributed by atoms with Crippen LogP contribution >= 0.6 is 11.6 Å². The van der Waals surface area contributed by atoms with Crippen LogP contribution in [0.3, 0.4) is 0 Å². The first-order valence-corrected chi connectivity index (χ1v) is 12.5. The molecular weight excluding hydrogens is 510 g/mol. The zero-order chi connectivity index (χ0) is 27.4. The fourth-order valence-electron chi connectivity index (χ4n) is 4.82. The number of carbonyl (C=O) groups is 2. The molecule has 38 heavy (non-hydrogen) atoms. The fourth-order valence-corrected chi connectivity index (χ4v) is 5.00. The summed E-state index contributed by atoms with van der Waals surface area (Å²) in [5, 5.41) is 10.1. The van der Waals surface area contributed by atoms with E-state index in [0.29, 0.717) is 45.5 Å². The number of amides is 1. The molecule has 0 unspecified atom stereocenters. The molecule has 8 nitrogen and oxygen atoms in total. The first kappa shape index (κ1) is 27.3. The van der Waals surface area contributed by atoms with E-state index >= 15 is 0 Å². The van der Waals surface area contributed by atoms with Crippen molar-refractivity contribution < 1.29 is 33.6 Å². The van der Waals surface area contributed by atoms with Crippen molar-refractivity contribution in [3.63, 3.8) is 0 Å². The van der Waals surface area contributed by atoms with Gasteiger partial charge in [0.1, 0.15) is 29.5 Å². The van der Waals surface area contributed by atoms with Crippen LogP contribution in [0, 0.1) is 0 Å². The van der Waals surface area contributed by atoms with Gasteiger partial charge in [0, 0.05) is 22.2 Å². The topological polar surface area (TPSA) is 94.5 Å². The van der Waals surface area contributed by atoms with Gasteiger partial charge in [0.05, 0.1) is 40.0 Å². The molecule has 0 spiro atoms. The van der Waals surface area contributed by atoms with E-state index in [2.05, 4.69) is 0 Å². The number of hydrogen-bond acceptors (Lipinski definition) is 6. The van der Waals surface area contributed by atoms with Crippen LogP contribution in [0.25, 0.3) is 0 Å². The molecule has 1 N–H and O–H groups in total. The highest BCUT2D eigenvalue weighted by Crippen LogP contribution is 2.43. The summed E-state index contributed by atoms with van der Waals surface area (Å²) in [6.45, 7) is 2.12. The lowest BCUT2D eigenvalue weighted by molar-refractivity contribution is -0.147. The Hall–Kier alpha value is -3.75. The minimum atomic E-state index is -1.25. The van der Waals surface area contributed by atoms with Gasteiger partial charge in [-0.1, -0.05) is 30.7 Å². The van der Waals surface area contributed by atoms with E-state index in [1.165, 1.54) is 12.0 Å². The normalized spacial score (nSPS) is 17.0. The van der Waals surface area contributed by atoms with Crippen LogP contribution in [0.15, 0.2) is 54.6 Å². The van der Waals surface area contributed by atoms with Gasteiger partial charge in [-0.15, -0.1) is 0 Å². The van der Waals surface area contributed by atoms with Crippen molar-refractivity contribution in [2.24, 2.45) is 0 Å². The third-order valence-corrected chi connectivity index (χ3v) is 6.85. The van der Waals surface area contributed by atoms with E-state index < -0.39 is 30.5 Å². The molecule has 1 aliphatic heterocycles. The standard InChI is InChI=1S/C29H30ClNO7/c1-5-20-21(7-6-8-24(20)36-3)28-22-13-18(30)10-12-23(22)31(29(34)26(38-28)15-27(32)33)16-17-9-11-19(35-2)14-25(17)37-4/h6-14,26,28H,5,15-16H2,1-4H3,(H,32,33)/t26-,28-/m1/s1. The number of aliphatic carboxylic acids is 1. The van der Waals surface area contributed by atoms with Crippen LogP contribution in [-0.2, 0) is 27.3 Å². The Morgan fingerprint density at radius 3 is 2.42 bits per heavy atom. The third kappa shape index (κ3) is 5.42. The molecule has 0 saturated carbocycles. The highest BCUT2D eigenvalue weighted by Gasteiger charge is 2.39. The van der Waals surface area contributed by atoms with E-state index in [0.717, 1.165) is 11.1 Å². The van der Waals surface area contributed by atoms with Crippen LogP contribution in [0.1, 0.15) is 41.7 Å². The Morgan fingerprint density at radius 1 is 1.00 bits per heavy atom. The molecule has 1 aliphatic rings. The second-order valence-corrected chi connectivity index (χ2v) is 9.23. The lowest BCUT2D eigenvalue weighted by atomic mass is 9.93. The van der Waals surface area contributed by atoms with Crippen molar-refractivity contribution in [3.05, 3.63) is 81.9 Å². The summed E-state index contributed by atoms with van der Waals surface area (Å²) in [7, 11) is 4.69. The number of rotatable bonds is 9. The minimum absolute atomic E-state index is 0.117. The van der Waals surface area contributed by atoms with Crippen LogP contribution in [0.5, 0.6) is 17.2 Å². The smallest absolute Gasteiger partial charge is 0.306 e. The molecule has 1 heterocycles. The van der Waals surface area contributed by atoms with E-state index in [9.17, 15) is 14.7 Å². The van der Waals surface area contributed by atoms with Gasteiger partial charge >= 0.3 is 5.97 Å². The number of benzene rings is 3. The summed E-state index contributed by atoms with van der Waals surface area (Å²) in [4.78, 5) is 27.3. The molecule has 3 aromatic carbocycles. The van der Waals surface area contributed by atoms with Gasteiger partial charge in [0.25, 0.3) is 5.91 Å². The maximum absolute atomic E-state index is 13.9. The first-order valence-electron chi connectivity index (χ1n) is 12.2. The Balaban J connectivity index is 1.91. The lowest BCUT2D eigenvalue weighted by Gasteiger charge is -2.26. The zero-order valence-corrected chi connectivity index (χ0v) is 22.4. The van der Waals surface area contributed by atoms with Crippen molar-refractivity contribution in [1.29, 1.82) is 0 Å². The number of hydrogen-bond donors (Lipinski definition) is 1. The van der Waals surface area contributed by atoms with Gasteiger partial charge < -0.3 is 29.0 Å². The van der Waals surface area contributed by atoms with Crippen LogP contribution < -0.4 is 19.1 Å². The summed E-state index contributed by atoms with van der Waals surface area (Å²) in [5.41, 5.74) is 3.61. The van der Waals surface area contributed by atoms with Crippen LogP contribution in [0.2, 0.25) is 5.02 Å². The summed E-state index contributed by atoms with van der Waals surface area (Å²) < 4.78 is 22.8. The Morgan fingerprint density at radius 2 is 1.76 bits per heavy atom. The molecule has 0 aromatic heterocycles. The maximum Gasteiger partial charge on any atom is 0.306 e. The number of halogens is 1. The number of carboxylic acid groups (broad SMARTS) is 1.